The van der Waals surface area contributed by atoms with E-state index in [4.69, 9.17) is 11.6 Å². The average molecular weight is 398 g/mol. The number of hydrogen-bond acceptors (Lipinski definition) is 2. The van der Waals surface area contributed by atoms with Crippen LogP contribution in [0.3, 0.4) is 0 Å². The van der Waals surface area contributed by atoms with Crippen LogP contribution in [0.1, 0.15) is 38.5 Å². The molecule has 0 unspecified atom stereocenters. The number of carbonyl (C=O) groups is 1. The Bertz CT molecular complexity index is 828. The number of rotatable bonds is 4. The summed E-state index contributed by atoms with van der Waals surface area (Å²) in [7, 11) is 0. The Kier molecular flexibility index (Phi) is 4.48. The summed E-state index contributed by atoms with van der Waals surface area (Å²) in [5.41, 5.74) is 0.811. The van der Waals surface area contributed by atoms with E-state index in [1.54, 1.807) is 11.8 Å². The van der Waals surface area contributed by atoms with E-state index in [-0.39, 0.29) is 11.3 Å². The lowest BCUT2D eigenvalue weighted by atomic mass is 9.49. The third-order valence-corrected chi connectivity index (χ3v) is 8.03. The van der Waals surface area contributed by atoms with Gasteiger partial charge < -0.3 is 5.32 Å². The summed E-state index contributed by atoms with van der Waals surface area (Å²) in [5, 5.41) is 4.05. The SMILES string of the molecule is O=C(Nc1ccccc1Sc1ccc(Cl)cc1)C12CC3CC(CC(C3)C1)C2. The molecule has 4 saturated carbocycles. The zero-order chi connectivity index (χ0) is 18.4. The minimum atomic E-state index is -0.118. The van der Waals surface area contributed by atoms with Crippen molar-refractivity contribution in [2.24, 2.45) is 23.2 Å². The van der Waals surface area contributed by atoms with Gasteiger partial charge in [0.2, 0.25) is 5.91 Å². The fourth-order valence-electron chi connectivity index (χ4n) is 5.93. The molecule has 0 aliphatic heterocycles. The Labute approximate surface area is 170 Å². The van der Waals surface area contributed by atoms with E-state index in [1.165, 1.54) is 19.3 Å². The lowest BCUT2D eigenvalue weighted by Crippen LogP contribution is -2.51. The second-order valence-electron chi connectivity index (χ2n) is 8.70. The van der Waals surface area contributed by atoms with Gasteiger partial charge in [-0.1, -0.05) is 35.5 Å². The van der Waals surface area contributed by atoms with Crippen LogP contribution in [0.2, 0.25) is 5.02 Å². The van der Waals surface area contributed by atoms with E-state index < -0.39 is 0 Å². The summed E-state index contributed by atoms with van der Waals surface area (Å²) < 4.78 is 0. The second-order valence-corrected chi connectivity index (χ2v) is 10.3. The van der Waals surface area contributed by atoms with Crippen LogP contribution in [0.5, 0.6) is 0 Å². The minimum Gasteiger partial charge on any atom is -0.325 e. The van der Waals surface area contributed by atoms with E-state index in [0.717, 1.165) is 57.5 Å². The third kappa shape index (κ3) is 3.40. The molecule has 4 fully saturated rings. The Balaban J connectivity index is 1.36. The molecule has 0 spiro atoms. The highest BCUT2D eigenvalue weighted by Crippen LogP contribution is 2.60. The van der Waals surface area contributed by atoms with Crippen molar-refractivity contribution in [3.8, 4) is 0 Å². The number of hydrogen-bond donors (Lipinski definition) is 1. The van der Waals surface area contributed by atoms with Crippen LogP contribution in [0.15, 0.2) is 58.3 Å². The number of carbonyl (C=O) groups excluding carboxylic acids is 1. The number of amides is 1. The number of halogens is 1. The molecule has 0 saturated heterocycles. The van der Waals surface area contributed by atoms with Crippen LogP contribution >= 0.6 is 23.4 Å². The van der Waals surface area contributed by atoms with Crippen LogP contribution in [0.25, 0.3) is 0 Å². The van der Waals surface area contributed by atoms with Crippen molar-refractivity contribution < 1.29 is 4.79 Å². The molecule has 1 N–H and O–H groups in total. The summed E-state index contributed by atoms with van der Waals surface area (Å²) in [4.78, 5) is 15.6. The summed E-state index contributed by atoms with van der Waals surface area (Å²) >= 11 is 7.67. The van der Waals surface area contributed by atoms with E-state index in [0.29, 0.717) is 0 Å². The third-order valence-electron chi connectivity index (χ3n) is 6.70. The van der Waals surface area contributed by atoms with Gasteiger partial charge in [-0.2, -0.15) is 0 Å². The minimum absolute atomic E-state index is 0.118. The van der Waals surface area contributed by atoms with Gasteiger partial charge in [0.15, 0.2) is 0 Å². The van der Waals surface area contributed by atoms with Gasteiger partial charge in [0.1, 0.15) is 0 Å². The Morgan fingerprint density at radius 1 is 0.926 bits per heavy atom. The maximum Gasteiger partial charge on any atom is 0.230 e. The molecule has 2 aromatic carbocycles. The van der Waals surface area contributed by atoms with Gasteiger partial charge in [-0.3, -0.25) is 4.79 Å². The normalized spacial score (nSPS) is 31.1. The van der Waals surface area contributed by atoms with E-state index in [2.05, 4.69) is 11.4 Å². The van der Waals surface area contributed by atoms with Gasteiger partial charge in [0, 0.05) is 14.8 Å². The molecule has 0 atom stereocenters. The van der Waals surface area contributed by atoms with Gasteiger partial charge >= 0.3 is 0 Å². The van der Waals surface area contributed by atoms with Crippen molar-refractivity contribution in [3.63, 3.8) is 0 Å². The number of para-hydroxylation sites is 1. The van der Waals surface area contributed by atoms with Crippen LogP contribution in [0, 0.1) is 23.2 Å². The van der Waals surface area contributed by atoms with Gasteiger partial charge in [-0.05, 0) is 92.7 Å². The molecule has 140 valence electrons. The van der Waals surface area contributed by atoms with Crippen molar-refractivity contribution in [1.82, 2.24) is 0 Å². The topological polar surface area (TPSA) is 29.1 Å². The van der Waals surface area contributed by atoms with Gasteiger partial charge in [0.25, 0.3) is 0 Å². The highest BCUT2D eigenvalue weighted by molar-refractivity contribution is 7.99. The van der Waals surface area contributed by atoms with Crippen LogP contribution < -0.4 is 5.32 Å². The van der Waals surface area contributed by atoms with E-state index in [9.17, 15) is 4.79 Å². The molecule has 0 radical (unpaired) electrons. The summed E-state index contributed by atoms with van der Waals surface area (Å²) in [6, 6.07) is 16.0. The first kappa shape index (κ1) is 17.6. The molecule has 4 bridgehead atoms. The average Bonchev–Trinajstić information content (AvgIpc) is 2.64. The predicted octanol–water partition coefficient (Wildman–Crippen LogP) is 6.65. The fourth-order valence-corrected chi connectivity index (χ4v) is 6.96. The number of nitrogens with one attached hydrogen (secondary N) is 1. The Morgan fingerprint density at radius 2 is 1.52 bits per heavy atom. The predicted molar refractivity (Wildman–Crippen MR) is 111 cm³/mol. The van der Waals surface area contributed by atoms with Gasteiger partial charge in [-0.15, -0.1) is 0 Å². The molecule has 2 nitrogen and oxygen atoms in total. The Morgan fingerprint density at radius 3 is 2.15 bits per heavy atom. The molecule has 27 heavy (non-hydrogen) atoms. The summed E-state index contributed by atoms with van der Waals surface area (Å²) in [6.45, 7) is 0. The zero-order valence-corrected chi connectivity index (χ0v) is 16.9. The van der Waals surface area contributed by atoms with Crippen molar-refractivity contribution in [2.75, 3.05) is 5.32 Å². The first-order valence-corrected chi connectivity index (χ1v) is 11.1. The first-order chi connectivity index (χ1) is 13.1. The highest BCUT2D eigenvalue weighted by atomic mass is 35.5. The van der Waals surface area contributed by atoms with Crippen LogP contribution in [-0.4, -0.2) is 5.91 Å². The quantitative estimate of drug-likeness (QED) is 0.625. The van der Waals surface area contributed by atoms with E-state index >= 15 is 0 Å². The summed E-state index contributed by atoms with van der Waals surface area (Å²) in [5.74, 6) is 2.59. The van der Waals surface area contributed by atoms with Crippen LogP contribution in [-0.2, 0) is 4.79 Å². The molecular weight excluding hydrogens is 374 g/mol. The fraction of sp³-hybridized carbons (Fsp3) is 0.435. The maximum absolute atomic E-state index is 13.4. The lowest BCUT2D eigenvalue weighted by Gasteiger charge is -2.55. The van der Waals surface area contributed by atoms with Gasteiger partial charge in [0.05, 0.1) is 11.1 Å². The van der Waals surface area contributed by atoms with Crippen molar-refractivity contribution in [2.45, 2.75) is 48.3 Å². The monoisotopic (exact) mass is 397 g/mol. The Hall–Kier alpha value is -1.45. The van der Waals surface area contributed by atoms with Crippen molar-refractivity contribution in [3.05, 3.63) is 53.6 Å². The summed E-state index contributed by atoms with van der Waals surface area (Å²) in [6.07, 6.45) is 7.35. The number of benzene rings is 2. The molecule has 6 rings (SSSR count). The first-order valence-electron chi connectivity index (χ1n) is 9.93. The molecule has 4 heteroatoms. The highest BCUT2D eigenvalue weighted by Gasteiger charge is 2.54. The number of anilines is 1. The van der Waals surface area contributed by atoms with Crippen molar-refractivity contribution in [1.29, 1.82) is 0 Å². The van der Waals surface area contributed by atoms with Crippen LogP contribution in [0.4, 0.5) is 5.69 Å². The standard InChI is InChI=1S/C23H24ClNOS/c24-18-5-7-19(8-6-18)27-21-4-2-1-3-20(21)25-22(26)23-12-15-9-16(13-23)11-17(10-15)14-23/h1-8,15-17H,9-14H2,(H,25,26). The zero-order valence-electron chi connectivity index (χ0n) is 15.3. The molecule has 1 amide bonds. The molecule has 0 aromatic heterocycles. The maximum atomic E-state index is 13.4. The molecule has 4 aliphatic rings. The molecule has 0 heterocycles. The lowest BCUT2D eigenvalue weighted by molar-refractivity contribution is -0.140. The molecule has 2 aromatic rings. The smallest absolute Gasteiger partial charge is 0.230 e. The van der Waals surface area contributed by atoms with Gasteiger partial charge in [-0.25, -0.2) is 0 Å². The molecule has 4 aliphatic carbocycles. The molecular formula is C23H24ClNOS. The second kappa shape index (κ2) is 6.86. The van der Waals surface area contributed by atoms with E-state index in [1.807, 2.05) is 42.5 Å². The largest absolute Gasteiger partial charge is 0.325 e. The van der Waals surface area contributed by atoms with Crippen molar-refractivity contribution >= 4 is 35.0 Å².